The van der Waals surface area contributed by atoms with E-state index in [4.69, 9.17) is 9.15 Å². The summed E-state index contributed by atoms with van der Waals surface area (Å²) in [7, 11) is 0. The van der Waals surface area contributed by atoms with Crippen LogP contribution in [0.3, 0.4) is 0 Å². The normalized spacial score (nSPS) is 11.7. The third kappa shape index (κ3) is 3.95. The average molecular weight is 287 g/mol. The van der Waals surface area contributed by atoms with Crippen LogP contribution in [0.5, 0.6) is 5.75 Å². The van der Waals surface area contributed by atoms with E-state index in [1.54, 1.807) is 6.92 Å². The summed E-state index contributed by atoms with van der Waals surface area (Å²) in [5, 5.41) is 2.81. The fourth-order valence-corrected chi connectivity index (χ4v) is 1.92. The Hall–Kier alpha value is -2.56. The van der Waals surface area contributed by atoms with Crippen LogP contribution in [-0.4, -0.2) is 12.5 Å². The third-order valence-corrected chi connectivity index (χ3v) is 3.03. The summed E-state index contributed by atoms with van der Waals surface area (Å²) in [6.07, 6.45) is 1.29. The highest BCUT2D eigenvalue weighted by molar-refractivity contribution is 5.78. The van der Waals surface area contributed by atoms with E-state index in [1.165, 1.54) is 12.3 Å². The Bertz CT molecular complexity index is 663. The van der Waals surface area contributed by atoms with E-state index in [-0.39, 0.29) is 29.7 Å². The van der Waals surface area contributed by atoms with Crippen LogP contribution in [0.1, 0.15) is 24.3 Å². The Morgan fingerprint density at radius 1 is 1.29 bits per heavy atom. The van der Waals surface area contributed by atoms with Crippen molar-refractivity contribution in [3.8, 4) is 5.75 Å². The number of aryl methyl sites for hydroxylation is 1. The van der Waals surface area contributed by atoms with Crippen molar-refractivity contribution in [3.05, 3.63) is 64.2 Å². The molecule has 0 radical (unpaired) electrons. The molecule has 1 aromatic carbocycles. The van der Waals surface area contributed by atoms with Gasteiger partial charge >= 0.3 is 0 Å². The first-order valence-corrected chi connectivity index (χ1v) is 6.63. The van der Waals surface area contributed by atoms with Crippen LogP contribution >= 0.6 is 0 Å². The van der Waals surface area contributed by atoms with E-state index in [0.29, 0.717) is 5.76 Å². The number of benzene rings is 1. The summed E-state index contributed by atoms with van der Waals surface area (Å²) in [5.74, 6) is 0.125. The molecule has 0 saturated heterocycles. The van der Waals surface area contributed by atoms with Gasteiger partial charge in [-0.1, -0.05) is 30.3 Å². The minimum atomic E-state index is -0.303. The predicted molar refractivity (Wildman–Crippen MR) is 78.2 cm³/mol. The van der Waals surface area contributed by atoms with Gasteiger partial charge in [-0.05, 0) is 19.4 Å². The molecule has 0 aliphatic carbocycles. The molecule has 21 heavy (non-hydrogen) atoms. The fraction of sp³-hybridized carbons (Fsp3) is 0.250. The predicted octanol–water partition coefficient (Wildman–Crippen LogP) is 2.20. The highest BCUT2D eigenvalue weighted by Crippen LogP contribution is 2.12. The zero-order chi connectivity index (χ0) is 15.2. The van der Waals surface area contributed by atoms with Gasteiger partial charge in [0.15, 0.2) is 6.61 Å². The Morgan fingerprint density at radius 2 is 2.00 bits per heavy atom. The highest BCUT2D eigenvalue weighted by atomic mass is 16.5. The molecule has 1 amide bonds. The largest absolute Gasteiger partial charge is 0.476 e. The van der Waals surface area contributed by atoms with Gasteiger partial charge in [0.2, 0.25) is 11.2 Å². The van der Waals surface area contributed by atoms with Crippen molar-refractivity contribution < 1.29 is 13.9 Å². The lowest BCUT2D eigenvalue weighted by molar-refractivity contribution is -0.123. The second kappa shape index (κ2) is 6.74. The Balaban J connectivity index is 1.92. The van der Waals surface area contributed by atoms with E-state index >= 15 is 0 Å². The molecule has 0 fully saturated rings. The highest BCUT2D eigenvalue weighted by Gasteiger charge is 2.12. The molecule has 1 aromatic heterocycles. The summed E-state index contributed by atoms with van der Waals surface area (Å²) in [6, 6.07) is 10.7. The minimum absolute atomic E-state index is 0.0695. The molecular weight excluding hydrogens is 270 g/mol. The molecular formula is C16H17NO4. The minimum Gasteiger partial charge on any atom is -0.476 e. The van der Waals surface area contributed by atoms with Crippen LogP contribution < -0.4 is 15.5 Å². The summed E-state index contributed by atoms with van der Waals surface area (Å²) in [4.78, 5) is 23.4. The number of rotatable bonds is 5. The lowest BCUT2D eigenvalue weighted by Crippen LogP contribution is -2.32. The molecule has 2 aromatic rings. The first-order valence-electron chi connectivity index (χ1n) is 6.63. The van der Waals surface area contributed by atoms with Gasteiger partial charge in [0.25, 0.3) is 5.91 Å². The maximum atomic E-state index is 11.9. The van der Waals surface area contributed by atoms with E-state index in [2.05, 4.69) is 5.32 Å². The quantitative estimate of drug-likeness (QED) is 0.915. The molecule has 0 aliphatic heterocycles. The van der Waals surface area contributed by atoms with Crippen molar-refractivity contribution in [1.82, 2.24) is 5.32 Å². The van der Waals surface area contributed by atoms with E-state index in [1.807, 2.05) is 37.3 Å². The zero-order valence-electron chi connectivity index (χ0n) is 12.0. The smallest absolute Gasteiger partial charge is 0.258 e. The maximum absolute atomic E-state index is 11.9. The second-order valence-corrected chi connectivity index (χ2v) is 4.66. The number of hydrogen-bond donors (Lipinski definition) is 1. The lowest BCUT2D eigenvalue weighted by atomic mass is 10.1. The van der Waals surface area contributed by atoms with Gasteiger partial charge in [0.1, 0.15) is 5.76 Å². The van der Waals surface area contributed by atoms with Crippen LogP contribution in [0.2, 0.25) is 0 Å². The molecule has 110 valence electrons. The van der Waals surface area contributed by atoms with Crippen LogP contribution in [0.15, 0.2) is 51.9 Å². The van der Waals surface area contributed by atoms with Gasteiger partial charge in [-0.25, -0.2) is 0 Å². The molecule has 0 aliphatic rings. The molecule has 2 rings (SSSR count). The van der Waals surface area contributed by atoms with Crippen molar-refractivity contribution in [2.75, 3.05) is 6.61 Å². The number of nitrogens with one attached hydrogen (secondary N) is 1. The Labute approximate surface area is 122 Å². The van der Waals surface area contributed by atoms with Crippen molar-refractivity contribution in [2.24, 2.45) is 0 Å². The van der Waals surface area contributed by atoms with Gasteiger partial charge in [-0.3, -0.25) is 9.59 Å². The number of ether oxygens (including phenoxy) is 1. The molecule has 1 N–H and O–H groups in total. The standard InChI is InChI=1S/C16H17NO4/c1-11(13-6-4-3-5-7-13)17-15(19)10-21-16-12(2)20-9-8-14(16)18/h3-9,11H,10H2,1-2H3,(H,17,19)/t11-/m0/s1. The van der Waals surface area contributed by atoms with Gasteiger partial charge in [-0.2, -0.15) is 0 Å². The van der Waals surface area contributed by atoms with Crippen LogP contribution in [0.4, 0.5) is 0 Å². The van der Waals surface area contributed by atoms with Crippen molar-refractivity contribution in [2.45, 2.75) is 19.9 Å². The van der Waals surface area contributed by atoms with Crippen molar-refractivity contribution in [1.29, 1.82) is 0 Å². The first-order chi connectivity index (χ1) is 10.1. The number of amides is 1. The summed E-state index contributed by atoms with van der Waals surface area (Å²) >= 11 is 0. The number of carbonyl (C=O) groups excluding carboxylic acids is 1. The molecule has 1 atom stereocenters. The van der Waals surface area contributed by atoms with E-state index in [9.17, 15) is 9.59 Å². The molecule has 0 bridgehead atoms. The third-order valence-electron chi connectivity index (χ3n) is 3.03. The number of carbonyl (C=O) groups is 1. The van der Waals surface area contributed by atoms with Gasteiger partial charge in [-0.15, -0.1) is 0 Å². The average Bonchev–Trinajstić information content (AvgIpc) is 2.47. The molecule has 0 saturated carbocycles. The maximum Gasteiger partial charge on any atom is 0.258 e. The van der Waals surface area contributed by atoms with Gasteiger partial charge in [0.05, 0.1) is 12.3 Å². The van der Waals surface area contributed by atoms with Crippen LogP contribution in [0.25, 0.3) is 0 Å². The molecule has 5 heteroatoms. The van der Waals surface area contributed by atoms with E-state index in [0.717, 1.165) is 5.56 Å². The molecule has 1 heterocycles. The molecule has 0 unspecified atom stereocenters. The summed E-state index contributed by atoms with van der Waals surface area (Å²) in [6.45, 7) is 3.27. The van der Waals surface area contributed by atoms with Gasteiger partial charge < -0.3 is 14.5 Å². The summed E-state index contributed by atoms with van der Waals surface area (Å²) < 4.78 is 10.3. The molecule has 0 spiro atoms. The summed E-state index contributed by atoms with van der Waals surface area (Å²) in [5.41, 5.74) is 0.698. The molecule has 5 nitrogen and oxygen atoms in total. The number of hydrogen-bond acceptors (Lipinski definition) is 4. The fourth-order valence-electron chi connectivity index (χ4n) is 1.92. The first kappa shape index (κ1) is 14.8. The monoisotopic (exact) mass is 287 g/mol. The second-order valence-electron chi connectivity index (χ2n) is 4.66. The van der Waals surface area contributed by atoms with Gasteiger partial charge in [0, 0.05) is 6.07 Å². The lowest BCUT2D eigenvalue weighted by Gasteiger charge is -2.14. The van der Waals surface area contributed by atoms with Crippen LogP contribution in [-0.2, 0) is 4.79 Å². The zero-order valence-corrected chi connectivity index (χ0v) is 12.0. The van der Waals surface area contributed by atoms with Crippen molar-refractivity contribution in [3.63, 3.8) is 0 Å². The van der Waals surface area contributed by atoms with Crippen LogP contribution in [0, 0.1) is 6.92 Å². The van der Waals surface area contributed by atoms with E-state index < -0.39 is 0 Å². The Morgan fingerprint density at radius 3 is 2.67 bits per heavy atom. The SMILES string of the molecule is Cc1occc(=O)c1OCC(=O)N[C@@H](C)c1ccccc1. The van der Waals surface area contributed by atoms with Crippen molar-refractivity contribution >= 4 is 5.91 Å². The Kier molecular flexibility index (Phi) is 4.77. The topological polar surface area (TPSA) is 68.5 Å².